The van der Waals surface area contributed by atoms with Crippen LogP contribution in [0, 0.1) is 0 Å². The largest absolute Gasteiger partial charge is 0.313 e. The van der Waals surface area contributed by atoms with Gasteiger partial charge in [0.25, 0.3) is 0 Å². The van der Waals surface area contributed by atoms with Gasteiger partial charge in [-0.15, -0.1) is 0 Å². The lowest BCUT2D eigenvalue weighted by atomic mass is 10.1. The van der Waals surface area contributed by atoms with Crippen LogP contribution in [0.5, 0.6) is 0 Å². The van der Waals surface area contributed by atoms with E-state index in [0.29, 0.717) is 6.04 Å². The summed E-state index contributed by atoms with van der Waals surface area (Å²) in [6.45, 7) is 9.69. The molecule has 0 bridgehead atoms. The zero-order chi connectivity index (χ0) is 12.4. The average Bonchev–Trinajstić information content (AvgIpc) is 2.30. The van der Waals surface area contributed by atoms with E-state index in [1.54, 1.807) is 0 Å². The van der Waals surface area contributed by atoms with Crippen LogP contribution < -0.4 is 5.32 Å². The summed E-state index contributed by atoms with van der Waals surface area (Å²) in [6, 6.07) is 0.419. The van der Waals surface area contributed by atoms with Crippen molar-refractivity contribution in [3.63, 3.8) is 0 Å². The number of hydrogen-bond donors (Lipinski definition) is 1. The normalized spacial score (nSPS) is 17.0. The fraction of sp³-hybridized carbons (Fsp3) is 1.00. The van der Waals surface area contributed by atoms with E-state index in [9.17, 15) is 4.21 Å². The van der Waals surface area contributed by atoms with E-state index in [2.05, 4.69) is 33.0 Å². The molecular weight excluding hydrogens is 218 g/mol. The summed E-state index contributed by atoms with van der Waals surface area (Å²) in [6.07, 6.45) is 5.73. The van der Waals surface area contributed by atoms with Gasteiger partial charge in [-0.3, -0.25) is 4.21 Å². The Labute approximate surface area is 104 Å². The van der Waals surface area contributed by atoms with Crippen LogP contribution in [0.3, 0.4) is 0 Å². The average molecular weight is 247 g/mol. The highest BCUT2D eigenvalue weighted by molar-refractivity contribution is 7.85. The Kier molecular flexibility index (Phi) is 10.3. The number of unbranched alkanes of at least 4 members (excludes halogenated alkanes) is 2. The van der Waals surface area contributed by atoms with E-state index in [4.69, 9.17) is 0 Å². The molecule has 0 aromatic heterocycles. The molecule has 0 rings (SSSR count). The number of rotatable bonds is 10. The monoisotopic (exact) mass is 247 g/mol. The van der Waals surface area contributed by atoms with Crippen LogP contribution in [0.2, 0.25) is 0 Å². The van der Waals surface area contributed by atoms with Gasteiger partial charge in [-0.05, 0) is 32.7 Å². The fourth-order valence-electron chi connectivity index (χ4n) is 1.84. The molecule has 1 N–H and O–H groups in total. The van der Waals surface area contributed by atoms with Gasteiger partial charge in [0.2, 0.25) is 0 Å². The van der Waals surface area contributed by atoms with Gasteiger partial charge in [0, 0.05) is 27.8 Å². The first kappa shape index (κ1) is 16.1. The molecule has 0 radical (unpaired) electrons. The first-order chi connectivity index (χ1) is 7.67. The molecule has 0 aromatic rings. The van der Waals surface area contributed by atoms with E-state index >= 15 is 0 Å². The molecule has 0 saturated heterocycles. The zero-order valence-corrected chi connectivity index (χ0v) is 12.2. The molecule has 3 unspecified atom stereocenters. The lowest BCUT2D eigenvalue weighted by molar-refractivity contribution is 0.486. The third-order valence-electron chi connectivity index (χ3n) is 3.03. The Morgan fingerprint density at radius 1 is 1.12 bits per heavy atom. The summed E-state index contributed by atoms with van der Waals surface area (Å²) in [4.78, 5) is 0. The van der Waals surface area contributed by atoms with Gasteiger partial charge in [-0.1, -0.05) is 33.6 Å². The minimum atomic E-state index is -0.662. The van der Waals surface area contributed by atoms with Crippen molar-refractivity contribution in [3.8, 4) is 0 Å². The minimum absolute atomic E-state index is 0.286. The molecule has 3 atom stereocenters. The summed E-state index contributed by atoms with van der Waals surface area (Å²) >= 11 is 0. The highest BCUT2D eigenvalue weighted by Gasteiger charge is 2.19. The molecule has 0 amide bonds. The van der Waals surface area contributed by atoms with Gasteiger partial charge >= 0.3 is 0 Å². The van der Waals surface area contributed by atoms with Gasteiger partial charge < -0.3 is 5.32 Å². The van der Waals surface area contributed by atoms with Crippen molar-refractivity contribution >= 4 is 10.8 Å². The SMILES string of the molecule is CCCCCS(=O)C(C)C(CC)NCCC. The van der Waals surface area contributed by atoms with Crippen LogP contribution in [-0.2, 0) is 10.8 Å². The van der Waals surface area contributed by atoms with Gasteiger partial charge in [0.15, 0.2) is 0 Å². The van der Waals surface area contributed by atoms with Crippen molar-refractivity contribution < 1.29 is 4.21 Å². The Morgan fingerprint density at radius 3 is 2.31 bits per heavy atom. The Hall–Kier alpha value is 0.110. The maximum absolute atomic E-state index is 12.1. The predicted octanol–water partition coefficient (Wildman–Crippen LogP) is 3.09. The standard InChI is InChI=1S/C13H29NOS/c1-5-8-9-11-16(15)12(4)13(7-3)14-10-6-2/h12-14H,5-11H2,1-4H3. The highest BCUT2D eigenvalue weighted by Crippen LogP contribution is 2.09. The second-order valence-corrected chi connectivity index (χ2v) is 6.38. The summed E-state index contributed by atoms with van der Waals surface area (Å²) < 4.78 is 12.1. The van der Waals surface area contributed by atoms with Gasteiger partial charge in [-0.25, -0.2) is 0 Å². The van der Waals surface area contributed by atoms with Gasteiger partial charge in [0.05, 0.1) is 0 Å². The summed E-state index contributed by atoms with van der Waals surface area (Å²) in [5, 5.41) is 3.78. The third-order valence-corrected chi connectivity index (χ3v) is 4.88. The van der Waals surface area contributed by atoms with E-state index in [-0.39, 0.29) is 5.25 Å². The van der Waals surface area contributed by atoms with Crippen molar-refractivity contribution in [2.45, 2.75) is 71.1 Å². The van der Waals surface area contributed by atoms with Crippen molar-refractivity contribution in [1.29, 1.82) is 0 Å². The van der Waals surface area contributed by atoms with Gasteiger partial charge in [0.1, 0.15) is 0 Å². The first-order valence-corrected chi connectivity index (χ1v) is 8.16. The molecular formula is C13H29NOS. The summed E-state index contributed by atoms with van der Waals surface area (Å²) in [5.74, 6) is 0.874. The maximum atomic E-state index is 12.1. The molecule has 3 heteroatoms. The first-order valence-electron chi connectivity index (χ1n) is 6.77. The molecule has 0 aliphatic heterocycles. The molecule has 98 valence electrons. The second kappa shape index (κ2) is 10.3. The molecule has 0 spiro atoms. The number of hydrogen-bond acceptors (Lipinski definition) is 2. The third kappa shape index (κ3) is 6.64. The zero-order valence-electron chi connectivity index (χ0n) is 11.4. The second-order valence-electron chi connectivity index (χ2n) is 4.47. The predicted molar refractivity (Wildman–Crippen MR) is 74.4 cm³/mol. The smallest absolute Gasteiger partial charge is 0.0472 e. The van der Waals surface area contributed by atoms with Crippen molar-refractivity contribution in [1.82, 2.24) is 5.32 Å². The molecule has 0 fully saturated rings. The summed E-state index contributed by atoms with van der Waals surface area (Å²) in [7, 11) is -0.662. The lowest BCUT2D eigenvalue weighted by Crippen LogP contribution is -2.41. The van der Waals surface area contributed by atoms with Crippen LogP contribution in [0.15, 0.2) is 0 Å². The number of nitrogens with one attached hydrogen (secondary N) is 1. The molecule has 16 heavy (non-hydrogen) atoms. The van der Waals surface area contributed by atoms with Crippen LogP contribution in [-0.4, -0.2) is 27.8 Å². The highest BCUT2D eigenvalue weighted by atomic mass is 32.2. The van der Waals surface area contributed by atoms with Gasteiger partial charge in [-0.2, -0.15) is 0 Å². The molecule has 0 heterocycles. The molecule has 0 saturated carbocycles. The van der Waals surface area contributed by atoms with Crippen molar-refractivity contribution in [2.24, 2.45) is 0 Å². The maximum Gasteiger partial charge on any atom is 0.0472 e. The quantitative estimate of drug-likeness (QED) is 0.601. The molecule has 2 nitrogen and oxygen atoms in total. The van der Waals surface area contributed by atoms with E-state index < -0.39 is 10.8 Å². The van der Waals surface area contributed by atoms with E-state index in [0.717, 1.165) is 31.6 Å². The molecule has 0 aliphatic carbocycles. The Balaban J connectivity index is 3.95. The fourth-order valence-corrected chi connectivity index (χ4v) is 3.35. The molecule has 0 aliphatic rings. The van der Waals surface area contributed by atoms with Crippen LogP contribution >= 0.6 is 0 Å². The van der Waals surface area contributed by atoms with Crippen LogP contribution in [0.1, 0.15) is 59.8 Å². The van der Waals surface area contributed by atoms with Crippen LogP contribution in [0.25, 0.3) is 0 Å². The summed E-state index contributed by atoms with van der Waals surface area (Å²) in [5.41, 5.74) is 0. The van der Waals surface area contributed by atoms with E-state index in [1.807, 2.05) is 0 Å². The Bertz CT molecular complexity index is 185. The van der Waals surface area contributed by atoms with E-state index in [1.165, 1.54) is 12.8 Å². The lowest BCUT2D eigenvalue weighted by Gasteiger charge is -2.23. The topological polar surface area (TPSA) is 29.1 Å². The van der Waals surface area contributed by atoms with Crippen molar-refractivity contribution in [2.75, 3.05) is 12.3 Å². The van der Waals surface area contributed by atoms with Crippen LogP contribution in [0.4, 0.5) is 0 Å². The molecule has 0 aromatic carbocycles. The van der Waals surface area contributed by atoms with Crippen molar-refractivity contribution in [3.05, 3.63) is 0 Å². The Morgan fingerprint density at radius 2 is 1.81 bits per heavy atom. The minimum Gasteiger partial charge on any atom is -0.313 e.